The zero-order valence-electron chi connectivity index (χ0n) is 11.0. The largest absolute Gasteiger partial charge is 0.306 e. The summed E-state index contributed by atoms with van der Waals surface area (Å²) in [7, 11) is 0. The molecule has 0 saturated carbocycles. The average molecular weight is 298 g/mol. The number of rotatable bonds is 5. The third kappa shape index (κ3) is 3.35. The molecule has 0 aliphatic heterocycles. The van der Waals surface area contributed by atoms with Crippen molar-refractivity contribution in [2.24, 2.45) is 0 Å². The van der Waals surface area contributed by atoms with Gasteiger partial charge in [-0.3, -0.25) is 0 Å². The minimum atomic E-state index is -0.216. The first-order valence-electron chi connectivity index (χ1n) is 6.35. The lowest BCUT2D eigenvalue weighted by Gasteiger charge is -2.18. The fourth-order valence-electron chi connectivity index (χ4n) is 1.95. The summed E-state index contributed by atoms with van der Waals surface area (Å²) in [5.41, 5.74) is 2.13. The second kappa shape index (κ2) is 6.51. The summed E-state index contributed by atoms with van der Waals surface area (Å²) in [5.74, 6) is -0.216. The standard InChI is InChI=1S/C15H17ClFNS/c1-3-8-18-14(11-4-6-12(17)7-5-11)15-13(16)10(2)9-19-15/h4-7,9,14,18H,3,8H2,1-2H3. The van der Waals surface area contributed by atoms with Crippen molar-refractivity contribution in [3.05, 3.63) is 56.5 Å². The lowest BCUT2D eigenvalue weighted by atomic mass is 10.0. The van der Waals surface area contributed by atoms with Crippen LogP contribution < -0.4 is 5.32 Å². The van der Waals surface area contributed by atoms with Gasteiger partial charge in [0.15, 0.2) is 0 Å². The molecule has 1 heterocycles. The van der Waals surface area contributed by atoms with E-state index in [4.69, 9.17) is 11.6 Å². The molecule has 1 aromatic heterocycles. The predicted octanol–water partition coefficient (Wildman–Crippen LogP) is 4.94. The molecule has 2 aromatic rings. The Morgan fingerprint density at radius 1 is 1.32 bits per heavy atom. The predicted molar refractivity (Wildman–Crippen MR) is 80.6 cm³/mol. The van der Waals surface area contributed by atoms with Crippen LogP contribution in [0.5, 0.6) is 0 Å². The van der Waals surface area contributed by atoms with E-state index in [9.17, 15) is 4.39 Å². The maximum absolute atomic E-state index is 13.0. The fourth-order valence-corrected chi connectivity index (χ4v) is 3.35. The summed E-state index contributed by atoms with van der Waals surface area (Å²) < 4.78 is 13.0. The molecule has 19 heavy (non-hydrogen) atoms. The fraction of sp³-hybridized carbons (Fsp3) is 0.333. The molecule has 4 heteroatoms. The van der Waals surface area contributed by atoms with Gasteiger partial charge in [0.2, 0.25) is 0 Å². The van der Waals surface area contributed by atoms with Gasteiger partial charge in [0.05, 0.1) is 11.1 Å². The number of thiophene rings is 1. The van der Waals surface area contributed by atoms with Gasteiger partial charge in [0, 0.05) is 4.88 Å². The lowest BCUT2D eigenvalue weighted by molar-refractivity contribution is 0.599. The topological polar surface area (TPSA) is 12.0 Å². The number of halogens is 2. The van der Waals surface area contributed by atoms with Crippen molar-refractivity contribution in [2.45, 2.75) is 26.3 Å². The Morgan fingerprint density at radius 3 is 2.53 bits per heavy atom. The average Bonchev–Trinajstić information content (AvgIpc) is 2.73. The molecule has 0 bridgehead atoms. The summed E-state index contributed by atoms with van der Waals surface area (Å²) in [5, 5.41) is 6.34. The van der Waals surface area contributed by atoms with Crippen molar-refractivity contribution in [3.8, 4) is 0 Å². The van der Waals surface area contributed by atoms with Crippen LogP contribution in [-0.4, -0.2) is 6.54 Å². The van der Waals surface area contributed by atoms with Gasteiger partial charge in [-0.1, -0.05) is 30.7 Å². The van der Waals surface area contributed by atoms with Gasteiger partial charge in [-0.2, -0.15) is 0 Å². The molecule has 1 nitrogen and oxygen atoms in total. The highest BCUT2D eigenvalue weighted by Gasteiger charge is 2.19. The van der Waals surface area contributed by atoms with Gasteiger partial charge >= 0.3 is 0 Å². The molecule has 0 aliphatic carbocycles. The number of aryl methyl sites for hydroxylation is 1. The van der Waals surface area contributed by atoms with E-state index in [1.54, 1.807) is 11.3 Å². The van der Waals surface area contributed by atoms with Crippen LogP contribution in [0.3, 0.4) is 0 Å². The van der Waals surface area contributed by atoms with Crippen LogP contribution in [0.1, 0.15) is 35.4 Å². The van der Waals surface area contributed by atoms with E-state index < -0.39 is 0 Å². The van der Waals surface area contributed by atoms with Gasteiger partial charge in [0.1, 0.15) is 5.82 Å². The third-order valence-corrected chi connectivity index (χ3v) is 4.77. The summed E-state index contributed by atoms with van der Waals surface area (Å²) in [6, 6.07) is 6.64. The molecule has 1 atom stereocenters. The van der Waals surface area contributed by atoms with Gasteiger partial charge in [-0.15, -0.1) is 11.3 Å². The molecule has 1 unspecified atom stereocenters. The second-order valence-electron chi connectivity index (χ2n) is 4.54. The summed E-state index contributed by atoms with van der Waals surface area (Å²) >= 11 is 8.01. The molecule has 0 saturated heterocycles. The summed E-state index contributed by atoms with van der Waals surface area (Å²) in [6.45, 7) is 5.02. The normalized spacial score (nSPS) is 12.6. The zero-order chi connectivity index (χ0) is 13.8. The molecular weight excluding hydrogens is 281 g/mol. The van der Waals surface area contributed by atoms with Crippen molar-refractivity contribution in [3.63, 3.8) is 0 Å². The Hall–Kier alpha value is -0.900. The van der Waals surface area contributed by atoms with Crippen molar-refractivity contribution < 1.29 is 4.39 Å². The molecule has 0 fully saturated rings. The van der Waals surface area contributed by atoms with E-state index in [0.717, 1.165) is 34.0 Å². The van der Waals surface area contributed by atoms with Crippen LogP contribution in [0, 0.1) is 12.7 Å². The highest BCUT2D eigenvalue weighted by molar-refractivity contribution is 7.10. The van der Waals surface area contributed by atoms with E-state index in [-0.39, 0.29) is 11.9 Å². The molecule has 1 aromatic carbocycles. The monoisotopic (exact) mass is 297 g/mol. The molecule has 0 amide bonds. The Balaban J connectivity index is 2.35. The molecule has 0 spiro atoms. The van der Waals surface area contributed by atoms with E-state index in [2.05, 4.69) is 17.6 Å². The molecule has 2 rings (SSSR count). The number of hydrogen-bond acceptors (Lipinski definition) is 2. The molecule has 1 N–H and O–H groups in total. The van der Waals surface area contributed by atoms with Crippen LogP contribution >= 0.6 is 22.9 Å². The zero-order valence-corrected chi connectivity index (χ0v) is 12.6. The quantitative estimate of drug-likeness (QED) is 0.824. The van der Waals surface area contributed by atoms with Crippen LogP contribution in [-0.2, 0) is 0 Å². The highest BCUT2D eigenvalue weighted by atomic mass is 35.5. The molecule has 0 aliphatic rings. The smallest absolute Gasteiger partial charge is 0.123 e. The number of hydrogen-bond donors (Lipinski definition) is 1. The maximum Gasteiger partial charge on any atom is 0.123 e. The number of benzene rings is 1. The molecule has 102 valence electrons. The van der Waals surface area contributed by atoms with Gasteiger partial charge < -0.3 is 5.32 Å². The second-order valence-corrected chi connectivity index (χ2v) is 5.82. The van der Waals surface area contributed by atoms with Gasteiger partial charge in [0.25, 0.3) is 0 Å². The number of nitrogens with one attached hydrogen (secondary N) is 1. The van der Waals surface area contributed by atoms with E-state index >= 15 is 0 Å². The molecule has 0 radical (unpaired) electrons. The lowest BCUT2D eigenvalue weighted by Crippen LogP contribution is -2.22. The Kier molecular flexibility index (Phi) is 4.97. The summed E-state index contributed by atoms with van der Waals surface area (Å²) in [6.07, 6.45) is 1.04. The highest BCUT2D eigenvalue weighted by Crippen LogP contribution is 2.35. The minimum absolute atomic E-state index is 0.0340. The minimum Gasteiger partial charge on any atom is -0.306 e. The first-order chi connectivity index (χ1) is 9.13. The van der Waals surface area contributed by atoms with Crippen LogP contribution in [0.4, 0.5) is 4.39 Å². The third-order valence-electron chi connectivity index (χ3n) is 2.99. The van der Waals surface area contributed by atoms with E-state index in [0.29, 0.717) is 0 Å². The Labute approximate surface area is 122 Å². The summed E-state index contributed by atoms with van der Waals surface area (Å²) in [4.78, 5) is 1.10. The SMILES string of the molecule is CCCNC(c1ccc(F)cc1)c1scc(C)c1Cl. The van der Waals surface area contributed by atoms with Gasteiger partial charge in [-0.25, -0.2) is 4.39 Å². The maximum atomic E-state index is 13.0. The van der Waals surface area contributed by atoms with Crippen molar-refractivity contribution in [1.82, 2.24) is 5.32 Å². The first-order valence-corrected chi connectivity index (χ1v) is 7.61. The van der Waals surface area contributed by atoms with Crippen molar-refractivity contribution in [2.75, 3.05) is 6.54 Å². The first kappa shape index (κ1) is 14.5. The van der Waals surface area contributed by atoms with Crippen molar-refractivity contribution >= 4 is 22.9 Å². The Bertz CT molecular complexity index is 536. The van der Waals surface area contributed by atoms with Gasteiger partial charge in [-0.05, 0) is 48.5 Å². The molecular formula is C15H17ClFNS. The Morgan fingerprint density at radius 2 is 2.00 bits per heavy atom. The van der Waals surface area contributed by atoms with E-state index in [1.807, 2.05) is 19.1 Å². The van der Waals surface area contributed by atoms with Crippen LogP contribution in [0.2, 0.25) is 5.02 Å². The van der Waals surface area contributed by atoms with Crippen LogP contribution in [0.15, 0.2) is 29.6 Å². The van der Waals surface area contributed by atoms with Crippen molar-refractivity contribution in [1.29, 1.82) is 0 Å². The van der Waals surface area contributed by atoms with Crippen LogP contribution in [0.25, 0.3) is 0 Å². The van der Waals surface area contributed by atoms with E-state index in [1.165, 1.54) is 12.1 Å².